The van der Waals surface area contributed by atoms with Gasteiger partial charge in [0, 0.05) is 19.6 Å². The Kier molecular flexibility index (Phi) is 2.85. The smallest absolute Gasteiger partial charge is 0.0610 e. The van der Waals surface area contributed by atoms with Crippen LogP contribution in [0, 0.1) is 0 Å². The fourth-order valence-electron chi connectivity index (χ4n) is 2.06. The summed E-state index contributed by atoms with van der Waals surface area (Å²) in [6.45, 7) is 5.56. The molecule has 1 heterocycles. The zero-order valence-corrected chi connectivity index (χ0v) is 9.88. The van der Waals surface area contributed by atoms with Crippen molar-refractivity contribution in [3.05, 3.63) is 23.8 Å². The highest BCUT2D eigenvalue weighted by molar-refractivity contribution is 5.74. The van der Waals surface area contributed by atoms with Crippen LogP contribution in [-0.2, 0) is 6.42 Å². The SMILES string of the molecule is CC(C)N(C)c1cccc2c1NCCC2. The first-order valence-electron chi connectivity index (χ1n) is 5.78. The maximum atomic E-state index is 3.53. The number of anilines is 2. The highest BCUT2D eigenvalue weighted by Crippen LogP contribution is 2.32. The summed E-state index contributed by atoms with van der Waals surface area (Å²) >= 11 is 0. The molecular weight excluding hydrogens is 184 g/mol. The van der Waals surface area contributed by atoms with E-state index in [-0.39, 0.29) is 0 Å². The van der Waals surface area contributed by atoms with Gasteiger partial charge in [0.15, 0.2) is 0 Å². The molecule has 82 valence electrons. The molecule has 0 fully saturated rings. The summed E-state index contributed by atoms with van der Waals surface area (Å²) in [6.07, 6.45) is 2.46. The van der Waals surface area contributed by atoms with E-state index < -0.39 is 0 Å². The summed E-state index contributed by atoms with van der Waals surface area (Å²) in [4.78, 5) is 2.33. The lowest BCUT2D eigenvalue weighted by Gasteiger charge is -2.29. The maximum absolute atomic E-state index is 3.53. The molecule has 0 spiro atoms. The van der Waals surface area contributed by atoms with Gasteiger partial charge in [0.1, 0.15) is 0 Å². The number of hydrogen-bond donors (Lipinski definition) is 1. The molecule has 0 aliphatic carbocycles. The van der Waals surface area contributed by atoms with Crippen LogP contribution >= 0.6 is 0 Å². The van der Waals surface area contributed by atoms with Crippen molar-refractivity contribution < 1.29 is 0 Å². The molecule has 1 aromatic carbocycles. The first-order valence-corrected chi connectivity index (χ1v) is 5.78. The molecule has 0 saturated heterocycles. The molecule has 0 radical (unpaired) electrons. The molecule has 0 bridgehead atoms. The van der Waals surface area contributed by atoms with Gasteiger partial charge in [0.25, 0.3) is 0 Å². The van der Waals surface area contributed by atoms with E-state index in [0.29, 0.717) is 6.04 Å². The average Bonchev–Trinajstić information content (AvgIpc) is 2.27. The largest absolute Gasteiger partial charge is 0.383 e. The number of rotatable bonds is 2. The summed E-state index contributed by atoms with van der Waals surface area (Å²) in [6, 6.07) is 7.15. The van der Waals surface area contributed by atoms with E-state index in [1.165, 1.54) is 29.8 Å². The number of aryl methyl sites for hydroxylation is 1. The third kappa shape index (κ3) is 1.94. The second-order valence-electron chi connectivity index (χ2n) is 4.55. The lowest BCUT2D eigenvalue weighted by Crippen LogP contribution is -2.27. The van der Waals surface area contributed by atoms with E-state index in [9.17, 15) is 0 Å². The van der Waals surface area contributed by atoms with Crippen LogP contribution in [0.1, 0.15) is 25.8 Å². The normalized spacial score (nSPS) is 14.7. The fraction of sp³-hybridized carbons (Fsp3) is 0.538. The van der Waals surface area contributed by atoms with Crippen molar-refractivity contribution in [2.75, 3.05) is 23.8 Å². The predicted octanol–water partition coefficient (Wildman–Crippen LogP) is 2.89. The maximum Gasteiger partial charge on any atom is 0.0610 e. The Bertz CT molecular complexity index is 344. The minimum Gasteiger partial charge on any atom is -0.383 e. The van der Waals surface area contributed by atoms with Crippen molar-refractivity contribution >= 4 is 11.4 Å². The number of fused-ring (bicyclic) bond motifs is 1. The second-order valence-corrected chi connectivity index (χ2v) is 4.55. The van der Waals surface area contributed by atoms with Crippen LogP contribution < -0.4 is 10.2 Å². The zero-order valence-electron chi connectivity index (χ0n) is 9.88. The van der Waals surface area contributed by atoms with Crippen molar-refractivity contribution in [3.8, 4) is 0 Å². The van der Waals surface area contributed by atoms with Crippen molar-refractivity contribution in [3.63, 3.8) is 0 Å². The predicted molar refractivity (Wildman–Crippen MR) is 66.8 cm³/mol. The van der Waals surface area contributed by atoms with Gasteiger partial charge in [-0.25, -0.2) is 0 Å². The highest BCUT2D eigenvalue weighted by atomic mass is 15.1. The molecule has 15 heavy (non-hydrogen) atoms. The lowest BCUT2D eigenvalue weighted by molar-refractivity contribution is 0.749. The Morgan fingerprint density at radius 3 is 2.87 bits per heavy atom. The monoisotopic (exact) mass is 204 g/mol. The topological polar surface area (TPSA) is 15.3 Å². The van der Waals surface area contributed by atoms with Crippen LogP contribution in [0.15, 0.2) is 18.2 Å². The van der Waals surface area contributed by atoms with Gasteiger partial charge >= 0.3 is 0 Å². The number of benzene rings is 1. The molecule has 0 atom stereocenters. The third-order valence-corrected chi connectivity index (χ3v) is 3.21. The Morgan fingerprint density at radius 2 is 2.13 bits per heavy atom. The van der Waals surface area contributed by atoms with Crippen molar-refractivity contribution in [2.45, 2.75) is 32.7 Å². The molecule has 2 heteroatoms. The summed E-state index contributed by atoms with van der Waals surface area (Å²) in [5, 5.41) is 3.53. The molecule has 0 saturated carbocycles. The molecule has 2 nitrogen and oxygen atoms in total. The summed E-state index contributed by atoms with van der Waals surface area (Å²) in [5.74, 6) is 0. The third-order valence-electron chi connectivity index (χ3n) is 3.21. The molecule has 0 aromatic heterocycles. The van der Waals surface area contributed by atoms with Crippen LogP contribution in [0.25, 0.3) is 0 Å². The first-order chi connectivity index (χ1) is 7.20. The Balaban J connectivity index is 2.39. The molecule has 2 rings (SSSR count). The first kappa shape index (κ1) is 10.3. The molecule has 1 N–H and O–H groups in total. The summed E-state index contributed by atoms with van der Waals surface area (Å²) in [7, 11) is 2.16. The van der Waals surface area contributed by atoms with Crippen molar-refractivity contribution in [1.82, 2.24) is 0 Å². The highest BCUT2D eigenvalue weighted by Gasteiger charge is 2.15. The van der Waals surface area contributed by atoms with Gasteiger partial charge in [-0.3, -0.25) is 0 Å². The van der Waals surface area contributed by atoms with E-state index in [2.05, 4.69) is 49.3 Å². The van der Waals surface area contributed by atoms with Gasteiger partial charge in [-0.15, -0.1) is 0 Å². The van der Waals surface area contributed by atoms with Gasteiger partial charge < -0.3 is 10.2 Å². The molecule has 1 aromatic rings. The molecular formula is C13H20N2. The second kappa shape index (κ2) is 4.13. The standard InChI is InChI=1S/C13H20N2/c1-10(2)15(3)12-8-4-6-11-7-5-9-14-13(11)12/h4,6,8,10,14H,5,7,9H2,1-3H3. The quantitative estimate of drug-likeness (QED) is 0.797. The van der Waals surface area contributed by atoms with E-state index in [1.54, 1.807) is 0 Å². The van der Waals surface area contributed by atoms with E-state index in [4.69, 9.17) is 0 Å². The number of nitrogens with one attached hydrogen (secondary N) is 1. The summed E-state index contributed by atoms with van der Waals surface area (Å²) < 4.78 is 0. The van der Waals surface area contributed by atoms with Crippen molar-refractivity contribution in [2.24, 2.45) is 0 Å². The van der Waals surface area contributed by atoms with Gasteiger partial charge in [0.2, 0.25) is 0 Å². The number of hydrogen-bond acceptors (Lipinski definition) is 2. The fourth-order valence-corrected chi connectivity index (χ4v) is 2.06. The minimum absolute atomic E-state index is 0.542. The summed E-state index contributed by atoms with van der Waals surface area (Å²) in [5.41, 5.74) is 4.15. The Labute approximate surface area is 92.3 Å². The van der Waals surface area contributed by atoms with Gasteiger partial charge in [0.05, 0.1) is 11.4 Å². The molecule has 1 aliphatic heterocycles. The molecule has 1 aliphatic rings. The van der Waals surface area contributed by atoms with Crippen LogP contribution in [-0.4, -0.2) is 19.6 Å². The number of para-hydroxylation sites is 1. The molecule has 0 unspecified atom stereocenters. The average molecular weight is 204 g/mol. The Hall–Kier alpha value is -1.18. The Morgan fingerprint density at radius 1 is 1.33 bits per heavy atom. The van der Waals surface area contributed by atoms with Crippen molar-refractivity contribution in [1.29, 1.82) is 0 Å². The van der Waals surface area contributed by atoms with Gasteiger partial charge in [-0.2, -0.15) is 0 Å². The molecule has 0 amide bonds. The minimum atomic E-state index is 0.542. The number of nitrogens with zero attached hydrogens (tertiary/aromatic N) is 1. The van der Waals surface area contributed by atoms with Crippen LogP contribution in [0.2, 0.25) is 0 Å². The van der Waals surface area contributed by atoms with E-state index in [1.807, 2.05) is 0 Å². The van der Waals surface area contributed by atoms with Crippen LogP contribution in [0.3, 0.4) is 0 Å². The van der Waals surface area contributed by atoms with Crippen LogP contribution in [0.5, 0.6) is 0 Å². The van der Waals surface area contributed by atoms with Crippen LogP contribution in [0.4, 0.5) is 11.4 Å². The van der Waals surface area contributed by atoms with Gasteiger partial charge in [-0.05, 0) is 38.3 Å². The lowest BCUT2D eigenvalue weighted by atomic mass is 10.0. The van der Waals surface area contributed by atoms with Gasteiger partial charge in [-0.1, -0.05) is 12.1 Å². The van der Waals surface area contributed by atoms with E-state index >= 15 is 0 Å². The zero-order chi connectivity index (χ0) is 10.8. The van der Waals surface area contributed by atoms with E-state index in [0.717, 1.165) is 6.54 Å².